The number of ether oxygens (including phenoxy) is 1. The molecule has 0 spiro atoms. The number of aliphatic hydroxyl groups excluding tert-OH is 1. The quantitative estimate of drug-likeness (QED) is 0.264. The smallest absolute Gasteiger partial charge is 0.262 e. The maximum Gasteiger partial charge on any atom is 0.262 e. The van der Waals surface area contributed by atoms with E-state index in [1.807, 2.05) is 35.0 Å². The number of amides is 1. The van der Waals surface area contributed by atoms with E-state index >= 15 is 0 Å². The molecule has 35 heavy (non-hydrogen) atoms. The van der Waals surface area contributed by atoms with Crippen molar-refractivity contribution in [1.29, 1.82) is 0 Å². The summed E-state index contributed by atoms with van der Waals surface area (Å²) in [5.41, 5.74) is 0.285. The summed E-state index contributed by atoms with van der Waals surface area (Å²) in [5.74, 6) is 0.439. The highest BCUT2D eigenvalue weighted by atomic mass is 35.5. The molecule has 5 nitrogen and oxygen atoms in total. The maximum atomic E-state index is 13.4. The number of thiophene rings is 1. The van der Waals surface area contributed by atoms with Crippen LogP contribution in [0.4, 0.5) is 0 Å². The van der Waals surface area contributed by atoms with Gasteiger partial charge in [-0.25, -0.2) is 4.98 Å². The average molecular weight is 541 g/mol. The number of halogens is 2. The number of benzene rings is 2. The summed E-state index contributed by atoms with van der Waals surface area (Å²) >= 11 is 15.0. The van der Waals surface area contributed by atoms with E-state index in [0.717, 1.165) is 17.3 Å². The van der Waals surface area contributed by atoms with E-state index in [2.05, 4.69) is 5.32 Å². The molecule has 1 unspecified atom stereocenters. The molecule has 2 aromatic heterocycles. The van der Waals surface area contributed by atoms with Gasteiger partial charge in [-0.1, -0.05) is 59.2 Å². The zero-order valence-corrected chi connectivity index (χ0v) is 21.2. The summed E-state index contributed by atoms with van der Waals surface area (Å²) in [6.45, 7) is 0. The molecule has 0 bridgehead atoms. The minimum atomic E-state index is -1.07. The molecule has 0 saturated carbocycles. The highest BCUT2D eigenvalue weighted by molar-refractivity contribution is 8.04. The van der Waals surface area contributed by atoms with E-state index in [4.69, 9.17) is 32.9 Å². The number of thioether (sulfide) groups is 1. The topological polar surface area (TPSA) is 71.5 Å². The number of aliphatic hydroxyl groups is 1. The molecule has 4 aromatic rings. The van der Waals surface area contributed by atoms with Crippen molar-refractivity contribution in [1.82, 2.24) is 10.3 Å². The van der Waals surface area contributed by atoms with Crippen LogP contribution in [0.15, 0.2) is 99.1 Å². The predicted molar refractivity (Wildman–Crippen MR) is 141 cm³/mol. The third-order valence-electron chi connectivity index (χ3n) is 5.47. The number of carbonyl (C=O) groups is 1. The van der Waals surface area contributed by atoms with Gasteiger partial charge >= 0.3 is 0 Å². The van der Waals surface area contributed by atoms with Crippen molar-refractivity contribution in [3.8, 4) is 11.6 Å². The van der Waals surface area contributed by atoms with Gasteiger partial charge in [-0.2, -0.15) is 11.3 Å². The molecule has 2 N–H and O–H groups in total. The first-order valence-corrected chi connectivity index (χ1v) is 13.1. The standard InChI is InChI=1S/C26H18Cl2N2O3S2/c27-17-5-3-6-18(13-17)33-23-10-4-9-22(29-23)26(16-11-12-34-15-16)14-20(31)24(25(32)30-26)35-21-8-2-1-7-19(21)28/h1-13,15,31H,14H2,(H,30,32). The van der Waals surface area contributed by atoms with Crippen molar-refractivity contribution in [3.63, 3.8) is 0 Å². The first-order valence-electron chi connectivity index (χ1n) is 10.6. The van der Waals surface area contributed by atoms with E-state index in [1.54, 1.807) is 48.5 Å². The second-order valence-corrected chi connectivity index (χ2v) is 10.5. The Labute approximate surface area is 220 Å². The lowest BCUT2D eigenvalue weighted by Crippen LogP contribution is -2.50. The summed E-state index contributed by atoms with van der Waals surface area (Å²) in [6, 6.07) is 21.5. The summed E-state index contributed by atoms with van der Waals surface area (Å²) in [7, 11) is 0. The van der Waals surface area contributed by atoms with Crippen molar-refractivity contribution >= 4 is 52.2 Å². The minimum Gasteiger partial charge on any atom is -0.511 e. The van der Waals surface area contributed by atoms with Crippen LogP contribution in [-0.4, -0.2) is 16.0 Å². The van der Waals surface area contributed by atoms with Gasteiger partial charge in [0.05, 0.1) is 10.7 Å². The van der Waals surface area contributed by atoms with Gasteiger partial charge in [0, 0.05) is 22.4 Å². The molecule has 176 valence electrons. The molecule has 3 heterocycles. The van der Waals surface area contributed by atoms with Crippen LogP contribution < -0.4 is 10.1 Å². The first kappa shape index (κ1) is 23.8. The van der Waals surface area contributed by atoms with Crippen LogP contribution in [0.1, 0.15) is 17.7 Å². The fourth-order valence-electron chi connectivity index (χ4n) is 3.84. The highest BCUT2D eigenvalue weighted by Crippen LogP contribution is 2.44. The Bertz CT molecular complexity index is 1430. The van der Waals surface area contributed by atoms with Crippen LogP contribution in [0, 0.1) is 0 Å². The second-order valence-electron chi connectivity index (χ2n) is 7.78. The number of rotatable bonds is 6. The Morgan fingerprint density at radius 3 is 2.63 bits per heavy atom. The van der Waals surface area contributed by atoms with Crippen LogP contribution in [0.2, 0.25) is 10.0 Å². The van der Waals surface area contributed by atoms with Gasteiger partial charge in [-0.05, 0) is 58.8 Å². The van der Waals surface area contributed by atoms with E-state index in [-0.39, 0.29) is 17.1 Å². The molecular formula is C26H18Cl2N2O3S2. The fraction of sp³-hybridized carbons (Fsp3) is 0.0769. The SMILES string of the molecule is O=C1NC(c2ccsc2)(c2cccc(Oc3cccc(Cl)c3)n2)CC(O)=C1Sc1ccccc1Cl. The van der Waals surface area contributed by atoms with Gasteiger partial charge < -0.3 is 15.2 Å². The number of carbonyl (C=O) groups excluding carboxylic acids is 1. The molecule has 9 heteroatoms. The highest BCUT2D eigenvalue weighted by Gasteiger charge is 2.44. The van der Waals surface area contributed by atoms with E-state index in [1.165, 1.54) is 11.3 Å². The van der Waals surface area contributed by atoms with Gasteiger partial charge in [0.2, 0.25) is 5.88 Å². The molecule has 1 aliphatic rings. The number of aromatic nitrogens is 1. The number of nitrogens with zero attached hydrogens (tertiary/aromatic N) is 1. The van der Waals surface area contributed by atoms with Crippen LogP contribution >= 0.6 is 46.3 Å². The molecule has 1 atom stereocenters. The van der Waals surface area contributed by atoms with Crippen molar-refractivity contribution in [2.24, 2.45) is 0 Å². The molecule has 0 radical (unpaired) electrons. The number of hydrogen-bond donors (Lipinski definition) is 2. The molecule has 2 aromatic carbocycles. The number of pyridine rings is 1. The molecule has 0 saturated heterocycles. The third-order valence-corrected chi connectivity index (χ3v) is 8.03. The van der Waals surface area contributed by atoms with Gasteiger partial charge in [0.25, 0.3) is 5.91 Å². The molecule has 1 amide bonds. The lowest BCUT2D eigenvalue weighted by molar-refractivity contribution is -0.119. The molecular weight excluding hydrogens is 523 g/mol. The lowest BCUT2D eigenvalue weighted by Gasteiger charge is -2.37. The zero-order chi connectivity index (χ0) is 24.4. The van der Waals surface area contributed by atoms with Gasteiger partial charge in [0.15, 0.2) is 0 Å². The molecule has 0 aliphatic carbocycles. The summed E-state index contributed by atoms with van der Waals surface area (Å²) in [4.78, 5) is 18.9. The normalized spacial score (nSPS) is 17.8. The van der Waals surface area contributed by atoms with Crippen LogP contribution in [-0.2, 0) is 10.3 Å². The largest absolute Gasteiger partial charge is 0.511 e. The van der Waals surface area contributed by atoms with Crippen molar-refractivity contribution < 1.29 is 14.6 Å². The van der Waals surface area contributed by atoms with Crippen LogP contribution in [0.5, 0.6) is 11.6 Å². The van der Waals surface area contributed by atoms with Crippen molar-refractivity contribution in [2.75, 3.05) is 0 Å². The average Bonchev–Trinajstić information content (AvgIpc) is 3.38. The van der Waals surface area contributed by atoms with E-state index < -0.39 is 11.4 Å². The summed E-state index contributed by atoms with van der Waals surface area (Å²) < 4.78 is 5.92. The lowest BCUT2D eigenvalue weighted by atomic mass is 9.82. The Hall–Kier alpha value is -2.97. The van der Waals surface area contributed by atoms with Gasteiger partial charge in [-0.15, -0.1) is 0 Å². The second kappa shape index (κ2) is 9.95. The van der Waals surface area contributed by atoms with Gasteiger partial charge in [-0.3, -0.25) is 4.79 Å². The minimum absolute atomic E-state index is 0.0344. The van der Waals surface area contributed by atoms with Crippen molar-refractivity contribution in [2.45, 2.75) is 16.9 Å². The Morgan fingerprint density at radius 1 is 1.06 bits per heavy atom. The van der Waals surface area contributed by atoms with Crippen LogP contribution in [0.25, 0.3) is 0 Å². The number of nitrogens with one attached hydrogen (secondary N) is 1. The van der Waals surface area contributed by atoms with E-state index in [9.17, 15) is 9.90 Å². The maximum absolute atomic E-state index is 13.4. The molecule has 5 rings (SSSR count). The fourth-order valence-corrected chi connectivity index (χ4v) is 5.87. The number of hydrogen-bond acceptors (Lipinski definition) is 6. The third kappa shape index (κ3) is 4.90. The molecule has 1 aliphatic heterocycles. The Morgan fingerprint density at radius 2 is 1.89 bits per heavy atom. The summed E-state index contributed by atoms with van der Waals surface area (Å²) in [6.07, 6.45) is 0.121. The Kier molecular flexibility index (Phi) is 6.75. The molecule has 0 fully saturated rings. The van der Waals surface area contributed by atoms with E-state index in [0.29, 0.717) is 32.3 Å². The Balaban J connectivity index is 1.53. The monoisotopic (exact) mass is 540 g/mol. The van der Waals surface area contributed by atoms with Gasteiger partial charge in [0.1, 0.15) is 22.0 Å². The first-order chi connectivity index (χ1) is 16.9. The zero-order valence-electron chi connectivity index (χ0n) is 18.1. The summed E-state index contributed by atoms with van der Waals surface area (Å²) in [5, 5.41) is 19.1. The predicted octanol–water partition coefficient (Wildman–Crippen LogP) is 7.57. The van der Waals surface area contributed by atoms with Crippen LogP contribution in [0.3, 0.4) is 0 Å². The van der Waals surface area contributed by atoms with Crippen molar-refractivity contribution in [3.05, 3.63) is 116 Å².